The number of amides is 4. The van der Waals surface area contributed by atoms with Gasteiger partial charge in [-0.05, 0) is 25.5 Å². The van der Waals surface area contributed by atoms with Crippen LogP contribution in [-0.2, 0) is 9.59 Å². The fourth-order valence-corrected chi connectivity index (χ4v) is 1.68. The smallest absolute Gasteiger partial charge is 0.269 e. The van der Waals surface area contributed by atoms with Crippen LogP contribution < -0.4 is 10.2 Å². The van der Waals surface area contributed by atoms with Crippen molar-refractivity contribution in [3.63, 3.8) is 0 Å². The van der Waals surface area contributed by atoms with Crippen LogP contribution in [0, 0.1) is 13.8 Å². The van der Waals surface area contributed by atoms with Crippen molar-refractivity contribution in [1.82, 2.24) is 5.32 Å². The van der Waals surface area contributed by atoms with Crippen molar-refractivity contribution in [3.8, 4) is 0 Å². The Morgan fingerprint density at radius 2 is 1.81 bits per heavy atom. The van der Waals surface area contributed by atoms with Crippen LogP contribution in [0.2, 0.25) is 0 Å². The van der Waals surface area contributed by atoms with E-state index in [1.165, 1.54) is 0 Å². The van der Waals surface area contributed by atoms with Crippen LogP contribution in [0.15, 0.2) is 18.2 Å². The summed E-state index contributed by atoms with van der Waals surface area (Å²) in [4.78, 5) is 34.7. The summed E-state index contributed by atoms with van der Waals surface area (Å²) < 4.78 is 0. The van der Waals surface area contributed by atoms with Crippen molar-refractivity contribution >= 4 is 23.5 Å². The second kappa shape index (κ2) is 3.44. The van der Waals surface area contributed by atoms with E-state index < -0.39 is 17.8 Å². The summed E-state index contributed by atoms with van der Waals surface area (Å²) in [6.07, 6.45) is 0. The maximum atomic E-state index is 11.4. The number of urea groups is 1. The van der Waals surface area contributed by atoms with Gasteiger partial charge >= 0.3 is 17.8 Å². The first-order chi connectivity index (χ1) is 7.50. The van der Waals surface area contributed by atoms with Gasteiger partial charge < -0.3 is 0 Å². The molecule has 0 aromatic heterocycles. The molecule has 0 bridgehead atoms. The Balaban J connectivity index is 2.48. The lowest BCUT2D eigenvalue weighted by molar-refractivity contribution is -0.134. The fourth-order valence-electron chi connectivity index (χ4n) is 1.68. The van der Waals surface area contributed by atoms with Gasteiger partial charge in [0.2, 0.25) is 0 Å². The van der Waals surface area contributed by atoms with E-state index in [0.717, 1.165) is 16.0 Å². The molecule has 0 atom stereocenters. The van der Waals surface area contributed by atoms with E-state index >= 15 is 0 Å². The molecular formula is C11H10N2O3. The second-order valence-corrected chi connectivity index (χ2v) is 3.69. The molecule has 16 heavy (non-hydrogen) atoms. The molecular weight excluding hydrogens is 208 g/mol. The number of imide groups is 2. The van der Waals surface area contributed by atoms with Gasteiger partial charge in [-0.3, -0.25) is 14.9 Å². The van der Waals surface area contributed by atoms with E-state index in [0.29, 0.717) is 5.69 Å². The van der Waals surface area contributed by atoms with E-state index in [-0.39, 0.29) is 0 Å². The van der Waals surface area contributed by atoms with Gasteiger partial charge in [-0.2, -0.15) is 0 Å². The monoisotopic (exact) mass is 218 g/mol. The van der Waals surface area contributed by atoms with Gasteiger partial charge in [0.15, 0.2) is 0 Å². The van der Waals surface area contributed by atoms with Crippen molar-refractivity contribution in [2.75, 3.05) is 4.90 Å². The zero-order chi connectivity index (χ0) is 11.9. The summed E-state index contributed by atoms with van der Waals surface area (Å²) >= 11 is 0. The lowest BCUT2D eigenvalue weighted by atomic mass is 10.1. The third kappa shape index (κ3) is 1.46. The van der Waals surface area contributed by atoms with Gasteiger partial charge in [0.1, 0.15) is 0 Å². The summed E-state index contributed by atoms with van der Waals surface area (Å²) in [5.74, 6) is -1.72. The number of nitrogens with zero attached hydrogens (tertiary/aromatic N) is 1. The van der Waals surface area contributed by atoms with Crippen molar-refractivity contribution in [1.29, 1.82) is 0 Å². The molecule has 0 saturated carbocycles. The summed E-state index contributed by atoms with van der Waals surface area (Å²) in [6.45, 7) is 3.69. The summed E-state index contributed by atoms with van der Waals surface area (Å²) in [5.41, 5.74) is 2.25. The Morgan fingerprint density at radius 1 is 1.12 bits per heavy atom. The zero-order valence-corrected chi connectivity index (χ0v) is 8.90. The molecule has 0 aliphatic carbocycles. The average molecular weight is 218 g/mol. The minimum absolute atomic E-state index is 0.443. The summed E-state index contributed by atoms with van der Waals surface area (Å²) in [5, 5.41) is 1.96. The Labute approximate surface area is 92.0 Å². The number of hydrogen-bond acceptors (Lipinski definition) is 3. The van der Waals surface area contributed by atoms with E-state index in [4.69, 9.17) is 0 Å². The standard InChI is InChI=1S/C11H10N2O3/c1-6-3-4-8(7(2)5-6)13-10(15)9(14)12-11(13)16/h3-5H,1-2H3,(H,12,14,16). The third-order valence-corrected chi connectivity index (χ3v) is 2.41. The number of nitrogens with one attached hydrogen (secondary N) is 1. The van der Waals surface area contributed by atoms with Gasteiger partial charge in [-0.1, -0.05) is 17.7 Å². The van der Waals surface area contributed by atoms with Gasteiger partial charge in [-0.25, -0.2) is 9.69 Å². The van der Waals surface area contributed by atoms with E-state index in [2.05, 4.69) is 0 Å². The maximum Gasteiger partial charge on any atom is 0.336 e. The normalized spacial score (nSPS) is 15.6. The molecule has 1 aromatic rings. The predicted molar refractivity (Wildman–Crippen MR) is 56.9 cm³/mol. The van der Waals surface area contributed by atoms with Gasteiger partial charge in [0.05, 0.1) is 5.69 Å². The fraction of sp³-hybridized carbons (Fsp3) is 0.182. The number of rotatable bonds is 1. The number of carbonyl (C=O) groups is 3. The Bertz CT molecular complexity index is 508. The second-order valence-electron chi connectivity index (χ2n) is 3.69. The van der Waals surface area contributed by atoms with E-state index in [9.17, 15) is 14.4 Å². The summed E-state index contributed by atoms with van der Waals surface area (Å²) in [6, 6.07) is 4.59. The molecule has 1 fully saturated rings. The van der Waals surface area contributed by atoms with Gasteiger partial charge in [0, 0.05) is 0 Å². The summed E-state index contributed by atoms with van der Waals surface area (Å²) in [7, 11) is 0. The number of hydrogen-bond donors (Lipinski definition) is 1. The number of anilines is 1. The highest BCUT2D eigenvalue weighted by Crippen LogP contribution is 2.23. The van der Waals surface area contributed by atoms with Crippen LogP contribution in [0.25, 0.3) is 0 Å². The molecule has 2 rings (SSSR count). The number of carbonyl (C=O) groups excluding carboxylic acids is 3. The van der Waals surface area contributed by atoms with Crippen molar-refractivity contribution in [3.05, 3.63) is 29.3 Å². The van der Waals surface area contributed by atoms with Gasteiger partial charge in [0.25, 0.3) is 0 Å². The molecule has 1 aliphatic heterocycles. The molecule has 1 aliphatic rings. The molecule has 1 saturated heterocycles. The quantitative estimate of drug-likeness (QED) is 0.562. The predicted octanol–water partition coefficient (Wildman–Crippen LogP) is 0.886. The van der Waals surface area contributed by atoms with Crippen LogP contribution in [0.1, 0.15) is 11.1 Å². The largest absolute Gasteiger partial charge is 0.336 e. The lowest BCUT2D eigenvalue weighted by Crippen LogP contribution is -2.31. The first kappa shape index (κ1) is 10.4. The van der Waals surface area contributed by atoms with Crippen molar-refractivity contribution < 1.29 is 14.4 Å². The molecule has 1 N–H and O–H groups in total. The molecule has 5 nitrogen and oxygen atoms in total. The number of aryl methyl sites for hydroxylation is 2. The minimum Gasteiger partial charge on any atom is -0.269 e. The molecule has 5 heteroatoms. The minimum atomic E-state index is -0.884. The van der Waals surface area contributed by atoms with Crippen molar-refractivity contribution in [2.24, 2.45) is 0 Å². The Kier molecular flexibility index (Phi) is 2.23. The lowest BCUT2D eigenvalue weighted by Gasteiger charge is -2.14. The zero-order valence-electron chi connectivity index (χ0n) is 8.90. The van der Waals surface area contributed by atoms with E-state index in [1.807, 2.05) is 18.3 Å². The molecule has 4 amide bonds. The average Bonchev–Trinajstić information content (AvgIpc) is 2.43. The highest BCUT2D eigenvalue weighted by Gasteiger charge is 2.38. The number of benzene rings is 1. The first-order valence-electron chi connectivity index (χ1n) is 4.77. The highest BCUT2D eigenvalue weighted by atomic mass is 16.2. The van der Waals surface area contributed by atoms with Crippen LogP contribution in [0.3, 0.4) is 0 Å². The van der Waals surface area contributed by atoms with Crippen LogP contribution in [-0.4, -0.2) is 17.8 Å². The maximum absolute atomic E-state index is 11.4. The molecule has 82 valence electrons. The van der Waals surface area contributed by atoms with Crippen molar-refractivity contribution in [2.45, 2.75) is 13.8 Å². The van der Waals surface area contributed by atoms with Crippen LogP contribution in [0.5, 0.6) is 0 Å². The highest BCUT2D eigenvalue weighted by molar-refractivity contribution is 6.53. The van der Waals surface area contributed by atoms with E-state index in [1.54, 1.807) is 19.1 Å². The topological polar surface area (TPSA) is 66.5 Å². The van der Waals surface area contributed by atoms with Gasteiger partial charge in [-0.15, -0.1) is 0 Å². The Hall–Kier alpha value is -2.17. The van der Waals surface area contributed by atoms with Crippen LogP contribution >= 0.6 is 0 Å². The molecule has 0 radical (unpaired) electrons. The molecule has 0 unspecified atom stereocenters. The first-order valence-corrected chi connectivity index (χ1v) is 4.77. The molecule has 1 heterocycles. The SMILES string of the molecule is Cc1ccc(N2C(=O)NC(=O)C2=O)c(C)c1. The molecule has 1 aromatic carbocycles. The third-order valence-electron chi connectivity index (χ3n) is 2.41. The van der Waals surface area contributed by atoms with Crippen LogP contribution in [0.4, 0.5) is 10.5 Å². The molecule has 0 spiro atoms. The Morgan fingerprint density at radius 3 is 2.31 bits per heavy atom.